The molecule has 0 N–H and O–H groups in total. The highest BCUT2D eigenvalue weighted by atomic mass is 16.3. The highest BCUT2D eigenvalue weighted by molar-refractivity contribution is 6.17. The molecular formula is C51H32N4O. The molecule has 8 aromatic carbocycles. The zero-order chi connectivity index (χ0) is 37.0. The molecule has 0 saturated carbocycles. The molecule has 0 spiro atoms. The summed E-state index contributed by atoms with van der Waals surface area (Å²) in [4.78, 5) is 15.3. The van der Waals surface area contributed by atoms with Crippen molar-refractivity contribution in [1.29, 1.82) is 0 Å². The van der Waals surface area contributed by atoms with Crippen molar-refractivity contribution in [1.82, 2.24) is 19.5 Å². The quantitative estimate of drug-likeness (QED) is 0.172. The van der Waals surface area contributed by atoms with E-state index in [0.29, 0.717) is 17.5 Å². The van der Waals surface area contributed by atoms with E-state index in [4.69, 9.17) is 19.4 Å². The average molecular weight is 717 g/mol. The van der Waals surface area contributed by atoms with E-state index in [2.05, 4.69) is 132 Å². The highest BCUT2D eigenvalue weighted by Crippen LogP contribution is 2.41. The van der Waals surface area contributed by atoms with E-state index in [9.17, 15) is 0 Å². The maximum Gasteiger partial charge on any atom is 0.164 e. The summed E-state index contributed by atoms with van der Waals surface area (Å²) in [5.41, 5.74) is 12.2. The molecule has 262 valence electrons. The second-order valence-electron chi connectivity index (χ2n) is 14.0. The van der Waals surface area contributed by atoms with Gasteiger partial charge < -0.3 is 8.98 Å². The SMILES string of the molecule is c1ccc(-c2ccc(-c3ccc4oc5cc6c7ccccc7n(-c7ccccc7)c6cc5c4c3)c(-c3nc(-c4ccccc4)nc(-c4ccccc4)n3)c2)cc1. The van der Waals surface area contributed by atoms with Gasteiger partial charge in [-0.2, -0.15) is 0 Å². The lowest BCUT2D eigenvalue weighted by molar-refractivity contribution is 0.669. The van der Waals surface area contributed by atoms with Crippen LogP contribution in [0.1, 0.15) is 0 Å². The van der Waals surface area contributed by atoms with Gasteiger partial charge in [0.15, 0.2) is 17.5 Å². The normalized spacial score (nSPS) is 11.6. The number of hydrogen-bond donors (Lipinski definition) is 0. The summed E-state index contributed by atoms with van der Waals surface area (Å²) < 4.78 is 8.94. The van der Waals surface area contributed by atoms with Gasteiger partial charge in [0.1, 0.15) is 11.2 Å². The molecule has 0 aliphatic heterocycles. The van der Waals surface area contributed by atoms with E-state index in [1.54, 1.807) is 0 Å². The maximum absolute atomic E-state index is 6.59. The first-order valence-electron chi connectivity index (χ1n) is 18.8. The Hall–Kier alpha value is -7.63. The summed E-state index contributed by atoms with van der Waals surface area (Å²) in [6.07, 6.45) is 0. The minimum absolute atomic E-state index is 0.608. The van der Waals surface area contributed by atoms with E-state index in [0.717, 1.165) is 83.0 Å². The van der Waals surface area contributed by atoms with Crippen molar-refractivity contribution in [2.24, 2.45) is 0 Å². The van der Waals surface area contributed by atoms with Crippen LogP contribution in [0.4, 0.5) is 0 Å². The van der Waals surface area contributed by atoms with E-state index >= 15 is 0 Å². The summed E-state index contributed by atoms with van der Waals surface area (Å²) >= 11 is 0. The van der Waals surface area contributed by atoms with Crippen molar-refractivity contribution >= 4 is 43.7 Å². The van der Waals surface area contributed by atoms with Crippen LogP contribution in [0.3, 0.4) is 0 Å². The Morgan fingerprint density at radius 1 is 0.321 bits per heavy atom. The molecule has 0 fully saturated rings. The van der Waals surface area contributed by atoms with Crippen LogP contribution >= 0.6 is 0 Å². The third kappa shape index (κ3) is 5.37. The van der Waals surface area contributed by atoms with Crippen LogP contribution in [0.5, 0.6) is 0 Å². The van der Waals surface area contributed by atoms with Gasteiger partial charge in [-0.25, -0.2) is 15.0 Å². The number of benzene rings is 8. The second kappa shape index (κ2) is 13.0. The molecule has 5 heteroatoms. The van der Waals surface area contributed by atoms with Crippen LogP contribution < -0.4 is 0 Å². The van der Waals surface area contributed by atoms with Crippen molar-refractivity contribution in [2.45, 2.75) is 0 Å². The van der Waals surface area contributed by atoms with E-state index in [1.165, 1.54) is 5.39 Å². The first-order chi connectivity index (χ1) is 27.7. The zero-order valence-electron chi connectivity index (χ0n) is 30.2. The number of hydrogen-bond acceptors (Lipinski definition) is 4. The topological polar surface area (TPSA) is 56.7 Å². The summed E-state index contributed by atoms with van der Waals surface area (Å²) in [6.45, 7) is 0. The molecule has 11 rings (SSSR count). The molecule has 3 heterocycles. The number of rotatable bonds is 6. The largest absolute Gasteiger partial charge is 0.456 e. The fourth-order valence-electron chi connectivity index (χ4n) is 7.98. The van der Waals surface area contributed by atoms with Crippen molar-refractivity contribution in [3.63, 3.8) is 0 Å². The molecular weight excluding hydrogens is 685 g/mol. The molecule has 3 aromatic heterocycles. The number of furan rings is 1. The Morgan fingerprint density at radius 2 is 0.893 bits per heavy atom. The molecule has 0 radical (unpaired) electrons. The Morgan fingerprint density at radius 3 is 1.59 bits per heavy atom. The van der Waals surface area contributed by atoms with Gasteiger partial charge in [0.25, 0.3) is 0 Å². The lowest BCUT2D eigenvalue weighted by Crippen LogP contribution is -2.01. The van der Waals surface area contributed by atoms with Crippen LogP contribution in [0.25, 0.3) is 106 Å². The molecule has 0 unspecified atom stereocenters. The third-order valence-electron chi connectivity index (χ3n) is 10.7. The smallest absolute Gasteiger partial charge is 0.164 e. The van der Waals surface area contributed by atoms with Gasteiger partial charge in [-0.1, -0.05) is 146 Å². The van der Waals surface area contributed by atoms with Gasteiger partial charge in [-0.15, -0.1) is 0 Å². The minimum Gasteiger partial charge on any atom is -0.456 e. The Balaban J connectivity index is 1.15. The molecule has 0 bridgehead atoms. The van der Waals surface area contributed by atoms with Crippen molar-refractivity contribution < 1.29 is 4.42 Å². The predicted octanol–water partition coefficient (Wildman–Crippen LogP) is 13.2. The van der Waals surface area contributed by atoms with E-state index < -0.39 is 0 Å². The van der Waals surface area contributed by atoms with E-state index in [-0.39, 0.29) is 0 Å². The summed E-state index contributed by atoms with van der Waals surface area (Å²) in [7, 11) is 0. The van der Waals surface area contributed by atoms with Gasteiger partial charge in [-0.05, 0) is 70.8 Å². The third-order valence-corrected chi connectivity index (χ3v) is 10.7. The molecule has 0 atom stereocenters. The number of fused-ring (bicyclic) bond motifs is 6. The van der Waals surface area contributed by atoms with Crippen molar-refractivity contribution in [2.75, 3.05) is 0 Å². The van der Waals surface area contributed by atoms with Crippen LogP contribution in [-0.2, 0) is 0 Å². The Bertz CT molecular complexity index is 3170. The lowest BCUT2D eigenvalue weighted by Gasteiger charge is -2.14. The standard InChI is InChI=1S/C51H32N4O/c1-5-15-33(16-6-1)36-25-27-39(44(29-36)51-53-49(34-17-7-2-8-18-34)52-50(54-51)35-19-9-3-10-20-35)37-26-28-47-42(30-37)43-31-46-41(32-48(43)56-47)40-23-13-14-24-45(40)55(46)38-21-11-4-12-22-38/h1-32H. The minimum atomic E-state index is 0.608. The molecule has 0 aliphatic carbocycles. The summed E-state index contributed by atoms with van der Waals surface area (Å²) in [6, 6.07) is 67.4. The first kappa shape index (κ1) is 31.9. The molecule has 5 nitrogen and oxygen atoms in total. The number of nitrogens with zero attached hydrogens (tertiary/aromatic N) is 4. The molecule has 56 heavy (non-hydrogen) atoms. The van der Waals surface area contributed by atoms with Crippen LogP contribution in [0, 0.1) is 0 Å². The van der Waals surface area contributed by atoms with Gasteiger partial charge in [-0.3, -0.25) is 0 Å². The van der Waals surface area contributed by atoms with Gasteiger partial charge in [0.05, 0.1) is 11.0 Å². The summed E-state index contributed by atoms with van der Waals surface area (Å²) in [5, 5.41) is 4.47. The van der Waals surface area contributed by atoms with Gasteiger partial charge in [0, 0.05) is 43.9 Å². The summed E-state index contributed by atoms with van der Waals surface area (Å²) in [5.74, 6) is 1.86. The molecule has 11 aromatic rings. The predicted molar refractivity (Wildman–Crippen MR) is 229 cm³/mol. The van der Waals surface area contributed by atoms with Crippen LogP contribution in [-0.4, -0.2) is 19.5 Å². The lowest BCUT2D eigenvalue weighted by atomic mass is 9.93. The number of para-hydroxylation sites is 2. The molecule has 0 saturated heterocycles. The molecule has 0 aliphatic rings. The second-order valence-corrected chi connectivity index (χ2v) is 14.0. The van der Waals surface area contributed by atoms with Crippen molar-refractivity contribution in [3.05, 3.63) is 194 Å². The van der Waals surface area contributed by atoms with Crippen LogP contribution in [0.15, 0.2) is 199 Å². The van der Waals surface area contributed by atoms with Crippen LogP contribution in [0.2, 0.25) is 0 Å². The first-order valence-corrected chi connectivity index (χ1v) is 18.8. The molecule has 0 amide bonds. The highest BCUT2D eigenvalue weighted by Gasteiger charge is 2.20. The van der Waals surface area contributed by atoms with Gasteiger partial charge >= 0.3 is 0 Å². The maximum atomic E-state index is 6.59. The van der Waals surface area contributed by atoms with E-state index in [1.807, 2.05) is 66.7 Å². The zero-order valence-corrected chi connectivity index (χ0v) is 30.2. The monoisotopic (exact) mass is 716 g/mol. The van der Waals surface area contributed by atoms with Gasteiger partial charge in [0.2, 0.25) is 0 Å². The fourth-order valence-corrected chi connectivity index (χ4v) is 7.98. The fraction of sp³-hybridized carbons (Fsp3) is 0. The number of aromatic nitrogens is 4. The Labute approximate surface area is 322 Å². The Kier molecular flexibility index (Phi) is 7.42. The average Bonchev–Trinajstić information content (AvgIpc) is 3.80. The van der Waals surface area contributed by atoms with Crippen molar-refractivity contribution in [3.8, 4) is 62.1 Å².